The normalized spacial score (nSPS) is 28.3. The van der Waals surface area contributed by atoms with E-state index in [1.165, 1.54) is 5.56 Å². The highest BCUT2D eigenvalue weighted by Gasteiger charge is 2.60. The van der Waals surface area contributed by atoms with Crippen LogP contribution in [0.3, 0.4) is 0 Å². The largest absolute Gasteiger partial charge is 0.493 e. The first-order chi connectivity index (χ1) is 22.5. The van der Waals surface area contributed by atoms with Crippen molar-refractivity contribution in [2.75, 3.05) is 34.4 Å². The van der Waals surface area contributed by atoms with E-state index in [0.717, 1.165) is 30.5 Å². The first-order valence-electron chi connectivity index (χ1n) is 16.0. The van der Waals surface area contributed by atoms with Gasteiger partial charge in [0.25, 0.3) is 5.56 Å². The number of H-pyrrole nitrogens is 1. The molecule has 1 spiro atoms. The fraction of sp³-hybridized carbons (Fsp3) is 0.529. The Morgan fingerprint density at radius 1 is 1.04 bits per heavy atom. The predicted octanol–water partition coefficient (Wildman–Crippen LogP) is 1.88. The van der Waals surface area contributed by atoms with Crippen LogP contribution in [0, 0.1) is 13.8 Å². The number of aromatic nitrogens is 4. The Bertz CT molecular complexity index is 1930. The Morgan fingerprint density at radius 2 is 1.81 bits per heavy atom. The zero-order chi connectivity index (χ0) is 33.2. The van der Waals surface area contributed by atoms with Crippen LogP contribution in [-0.4, -0.2) is 99.2 Å². The van der Waals surface area contributed by atoms with Crippen molar-refractivity contribution < 1.29 is 29.2 Å². The van der Waals surface area contributed by atoms with Gasteiger partial charge in [-0.05, 0) is 81.2 Å². The molecule has 0 aromatic heterocycles. The molecule has 1 aliphatic carbocycles. The van der Waals surface area contributed by atoms with Crippen LogP contribution in [-0.2, 0) is 21.4 Å². The number of benzene rings is 2. The second kappa shape index (κ2) is 11.7. The lowest BCUT2D eigenvalue weighted by Gasteiger charge is -2.48. The fourth-order valence-electron chi connectivity index (χ4n) is 8.10. The molecule has 2 unspecified atom stereocenters. The maximum absolute atomic E-state index is 12.8. The summed E-state index contributed by atoms with van der Waals surface area (Å²) in [5, 5.41) is 22.2. The molecule has 13 nitrogen and oxygen atoms in total. The molecule has 3 fully saturated rings. The molecule has 5 aliphatic rings. The second-order valence-corrected chi connectivity index (χ2v) is 13.3. The number of aryl methyl sites for hydroxylation is 2. The van der Waals surface area contributed by atoms with Crippen molar-refractivity contribution in [1.82, 2.24) is 24.4 Å². The van der Waals surface area contributed by atoms with Crippen molar-refractivity contribution in [2.24, 2.45) is 0 Å². The van der Waals surface area contributed by atoms with Crippen molar-refractivity contribution >= 4 is 11.0 Å². The molecule has 3 N–H and O–H groups in total. The summed E-state index contributed by atoms with van der Waals surface area (Å²) in [6.45, 7) is 4.37. The number of likely N-dealkylation sites (tertiary alicyclic amines) is 1. The maximum Gasteiger partial charge on any atom is 0.349 e. The smallest absolute Gasteiger partial charge is 0.349 e. The highest BCUT2D eigenvalue weighted by molar-refractivity contribution is 5.81. The molecule has 1 saturated carbocycles. The average Bonchev–Trinajstić information content (AvgIpc) is 3.59. The number of nitrogens with one attached hydrogen (secondary N) is 1. The van der Waals surface area contributed by atoms with E-state index < -0.39 is 35.3 Å². The number of ether oxygens (including phenoxy) is 4. The van der Waals surface area contributed by atoms with E-state index in [2.05, 4.69) is 39.0 Å². The zero-order valence-electron chi connectivity index (χ0n) is 27.3. The van der Waals surface area contributed by atoms with Crippen LogP contribution in [0.2, 0.25) is 0 Å². The number of fused-ring (bicyclic) bond motifs is 3. The molecule has 2 aromatic rings. The van der Waals surface area contributed by atoms with Crippen molar-refractivity contribution in [1.29, 1.82) is 0 Å². The van der Waals surface area contributed by atoms with Gasteiger partial charge in [-0.25, -0.2) is 9.78 Å². The van der Waals surface area contributed by atoms with Crippen LogP contribution < -0.4 is 20.7 Å². The summed E-state index contributed by atoms with van der Waals surface area (Å²) in [5.74, 6) is 0.412. The third kappa shape index (κ3) is 5.12. The minimum absolute atomic E-state index is 0.00521. The van der Waals surface area contributed by atoms with Gasteiger partial charge in [-0.15, -0.1) is 0 Å². The minimum atomic E-state index is -1.18. The van der Waals surface area contributed by atoms with Gasteiger partial charge in [-0.1, -0.05) is 6.07 Å². The van der Waals surface area contributed by atoms with Gasteiger partial charge in [0.1, 0.15) is 18.3 Å². The number of hydrogen-bond donors (Lipinski definition) is 3. The van der Waals surface area contributed by atoms with Gasteiger partial charge in [0, 0.05) is 24.3 Å². The van der Waals surface area contributed by atoms with E-state index in [4.69, 9.17) is 18.9 Å². The summed E-state index contributed by atoms with van der Waals surface area (Å²) in [4.78, 5) is 38.2. The van der Waals surface area contributed by atoms with Crippen LogP contribution in [0.25, 0.3) is 22.6 Å². The molecule has 47 heavy (non-hydrogen) atoms. The van der Waals surface area contributed by atoms with Gasteiger partial charge < -0.3 is 38.6 Å². The van der Waals surface area contributed by atoms with E-state index in [1.54, 1.807) is 18.8 Å². The average molecular weight is 648 g/mol. The lowest BCUT2D eigenvalue weighted by molar-refractivity contribution is -0.217. The maximum atomic E-state index is 12.8. The third-order valence-corrected chi connectivity index (χ3v) is 10.7. The van der Waals surface area contributed by atoms with Crippen LogP contribution in [0.15, 0.2) is 39.9 Å². The molecule has 6 atom stereocenters. The molecule has 2 aromatic carbocycles. The standard InChI is InChI=1S/C34H41N5O8/c1-18-12-21-22(13-19(18)2)39(30-28(35-21)31(42)37-32(43)36-30)16-23(41)29-26(17-40)46-34(47-29)9-8-33(10-11-38(3)27(33)15-34)20-6-7-24(44-4)25(14-20)45-5/h6-7,12-14,23,26-27,29,40-41H,8-11,15-17H2,1-5H3,(H,37,42,43)/t23-,26+,27?,29-,33-,34?/m0/s1. The van der Waals surface area contributed by atoms with Gasteiger partial charge in [0.05, 0.1) is 38.4 Å². The van der Waals surface area contributed by atoms with Crippen LogP contribution in [0.5, 0.6) is 11.5 Å². The number of methoxy groups -OCH3 is 2. The Morgan fingerprint density at radius 3 is 2.55 bits per heavy atom. The summed E-state index contributed by atoms with van der Waals surface area (Å²) in [7, 11) is 5.37. The van der Waals surface area contributed by atoms with Crippen molar-refractivity contribution in [3.05, 3.63) is 67.9 Å². The molecule has 250 valence electrons. The van der Waals surface area contributed by atoms with E-state index in [0.29, 0.717) is 35.4 Å². The monoisotopic (exact) mass is 647 g/mol. The van der Waals surface area contributed by atoms with E-state index in [9.17, 15) is 19.8 Å². The number of aromatic amines is 1. The van der Waals surface area contributed by atoms with Crippen molar-refractivity contribution in [2.45, 2.75) is 81.6 Å². The van der Waals surface area contributed by atoms with Gasteiger partial charge >= 0.3 is 5.69 Å². The Balaban J connectivity index is 1.21. The van der Waals surface area contributed by atoms with E-state index in [1.807, 2.05) is 32.0 Å². The molecule has 7 rings (SSSR count). The molecular weight excluding hydrogens is 606 g/mol. The van der Waals surface area contributed by atoms with Gasteiger partial charge in [-0.2, -0.15) is 4.98 Å². The first kappa shape index (κ1) is 31.7. The predicted molar refractivity (Wildman–Crippen MR) is 172 cm³/mol. The zero-order valence-corrected chi connectivity index (χ0v) is 27.3. The number of aliphatic hydroxyl groups excluding tert-OH is 2. The van der Waals surface area contributed by atoms with Gasteiger partial charge in [-0.3, -0.25) is 9.78 Å². The lowest BCUT2D eigenvalue weighted by Crippen LogP contribution is -2.53. The lowest BCUT2D eigenvalue weighted by atomic mass is 9.64. The molecule has 4 aliphatic heterocycles. The highest BCUT2D eigenvalue weighted by atomic mass is 16.8. The summed E-state index contributed by atoms with van der Waals surface area (Å²) < 4.78 is 26.0. The summed E-state index contributed by atoms with van der Waals surface area (Å²) in [5.41, 5.74) is 2.64. The Hall–Kier alpha value is -3.88. The first-order valence-corrected chi connectivity index (χ1v) is 16.0. The number of hydrogen-bond acceptors (Lipinski definition) is 11. The molecule has 13 heteroatoms. The molecule has 2 saturated heterocycles. The Labute approximate surface area is 271 Å². The molecule has 0 radical (unpaired) electrons. The number of likely N-dealkylation sites (N-methyl/N-ethyl adjacent to an activating group) is 1. The highest BCUT2D eigenvalue weighted by Crippen LogP contribution is 2.55. The van der Waals surface area contributed by atoms with Crippen LogP contribution in [0.4, 0.5) is 0 Å². The van der Waals surface area contributed by atoms with Crippen molar-refractivity contribution in [3.8, 4) is 23.0 Å². The number of aliphatic hydroxyl groups is 2. The molecular formula is C34H41N5O8. The summed E-state index contributed by atoms with van der Waals surface area (Å²) >= 11 is 0. The summed E-state index contributed by atoms with van der Waals surface area (Å²) in [6, 6.07) is 9.97. The topological polar surface area (TPSA) is 161 Å². The van der Waals surface area contributed by atoms with Crippen molar-refractivity contribution in [3.63, 3.8) is 0 Å². The SMILES string of the molecule is COc1ccc([C@]23CCN(C)C2CC2(CC3)O[C@@H]([C@@H](O)Cn3c4nc(=O)[nH]c(=O)c-4nc4cc(C)c(C)cc43)[C@@H](CO)O2)cc1OC. The molecule has 0 amide bonds. The third-order valence-electron chi connectivity index (χ3n) is 10.7. The number of nitrogens with zero attached hydrogens (tertiary/aromatic N) is 4. The van der Waals surface area contributed by atoms with Crippen LogP contribution in [0.1, 0.15) is 42.4 Å². The number of rotatable bonds is 7. The van der Waals surface area contributed by atoms with E-state index in [-0.39, 0.29) is 36.1 Å². The molecule has 0 bridgehead atoms. The fourth-order valence-corrected chi connectivity index (χ4v) is 8.10. The Kier molecular flexibility index (Phi) is 7.87. The van der Waals surface area contributed by atoms with E-state index >= 15 is 0 Å². The quantitative estimate of drug-likeness (QED) is 0.251. The van der Waals surface area contributed by atoms with Crippen LogP contribution >= 0.6 is 0 Å². The minimum Gasteiger partial charge on any atom is -0.493 e. The summed E-state index contributed by atoms with van der Waals surface area (Å²) in [6.07, 6.45) is -0.0189. The second-order valence-electron chi connectivity index (χ2n) is 13.3. The van der Waals surface area contributed by atoms with Gasteiger partial charge in [0.15, 0.2) is 28.8 Å². The van der Waals surface area contributed by atoms with Gasteiger partial charge in [0.2, 0.25) is 0 Å². The molecule has 4 heterocycles.